The van der Waals surface area contributed by atoms with Crippen LogP contribution in [0.2, 0.25) is 0 Å². The highest BCUT2D eigenvalue weighted by Gasteiger charge is 2.20. The molecule has 2 aromatic heterocycles. The van der Waals surface area contributed by atoms with E-state index in [4.69, 9.17) is 0 Å². The Morgan fingerprint density at radius 3 is 2.85 bits per heavy atom. The van der Waals surface area contributed by atoms with Gasteiger partial charge in [0.25, 0.3) is 0 Å². The van der Waals surface area contributed by atoms with Gasteiger partial charge in [-0.2, -0.15) is 0 Å². The highest BCUT2D eigenvalue weighted by Crippen LogP contribution is 2.20. The summed E-state index contributed by atoms with van der Waals surface area (Å²) >= 11 is 3.66. The summed E-state index contributed by atoms with van der Waals surface area (Å²) in [5.74, 6) is 1.60. The lowest BCUT2D eigenvalue weighted by molar-refractivity contribution is 0.169. The molecule has 1 unspecified atom stereocenters. The van der Waals surface area contributed by atoms with Gasteiger partial charge in [0.1, 0.15) is 0 Å². The molecule has 0 saturated carbocycles. The third-order valence-corrected chi connectivity index (χ3v) is 6.61. The van der Waals surface area contributed by atoms with Crippen molar-refractivity contribution in [1.82, 2.24) is 15.5 Å². The average Bonchev–Trinajstić information content (AvgIpc) is 3.27. The molecule has 0 aliphatic carbocycles. The van der Waals surface area contributed by atoms with Crippen LogP contribution in [0.4, 0.5) is 0 Å². The molecule has 0 bridgehead atoms. The van der Waals surface area contributed by atoms with Gasteiger partial charge in [-0.1, -0.05) is 6.07 Å². The molecule has 144 valence electrons. The lowest BCUT2D eigenvalue weighted by atomic mass is 9.98. The van der Waals surface area contributed by atoms with E-state index in [1.54, 1.807) is 11.3 Å². The van der Waals surface area contributed by atoms with E-state index in [0.717, 1.165) is 25.6 Å². The molecule has 1 fully saturated rings. The Morgan fingerprint density at radius 1 is 1.27 bits per heavy atom. The molecule has 26 heavy (non-hydrogen) atoms. The number of thiophene rings is 2. The van der Waals surface area contributed by atoms with Crippen molar-refractivity contribution >= 4 is 52.6 Å². The minimum absolute atomic E-state index is 0. The molecule has 1 aliphatic rings. The normalized spacial score (nSPS) is 18.4. The molecule has 1 saturated heterocycles. The Balaban J connectivity index is 0.00000243. The molecular formula is C19H29IN4S2. The van der Waals surface area contributed by atoms with Gasteiger partial charge in [-0.25, -0.2) is 0 Å². The number of nitrogens with zero attached hydrogens (tertiary/aromatic N) is 2. The quantitative estimate of drug-likeness (QED) is 0.350. The summed E-state index contributed by atoms with van der Waals surface area (Å²) in [6.45, 7) is 7.49. The number of guanidine groups is 1. The van der Waals surface area contributed by atoms with E-state index in [0.29, 0.717) is 5.92 Å². The van der Waals surface area contributed by atoms with Gasteiger partial charge in [-0.15, -0.1) is 46.7 Å². The van der Waals surface area contributed by atoms with Gasteiger partial charge in [0.05, 0.1) is 6.54 Å². The monoisotopic (exact) mass is 504 g/mol. The van der Waals surface area contributed by atoms with Crippen molar-refractivity contribution in [2.24, 2.45) is 10.9 Å². The number of likely N-dealkylation sites (tertiary alicyclic amines) is 1. The minimum atomic E-state index is 0. The number of aliphatic imine (C=N–C) groups is 1. The fourth-order valence-corrected chi connectivity index (χ4v) is 4.89. The van der Waals surface area contributed by atoms with Crippen molar-refractivity contribution in [2.75, 3.05) is 26.7 Å². The van der Waals surface area contributed by atoms with Crippen LogP contribution < -0.4 is 10.6 Å². The summed E-state index contributed by atoms with van der Waals surface area (Å²) in [4.78, 5) is 9.81. The molecule has 1 atom stereocenters. The van der Waals surface area contributed by atoms with Gasteiger partial charge < -0.3 is 10.6 Å². The molecule has 0 radical (unpaired) electrons. The SMILES string of the molecule is CN=C(NCc1sccc1C)NCC1CCCN(Cc2cccs2)C1.I. The van der Waals surface area contributed by atoms with Gasteiger partial charge in [0.15, 0.2) is 5.96 Å². The van der Waals surface area contributed by atoms with E-state index >= 15 is 0 Å². The molecule has 1 aliphatic heterocycles. The van der Waals surface area contributed by atoms with Crippen molar-refractivity contribution < 1.29 is 0 Å². The van der Waals surface area contributed by atoms with Gasteiger partial charge in [-0.3, -0.25) is 9.89 Å². The highest BCUT2D eigenvalue weighted by atomic mass is 127. The zero-order valence-corrected chi connectivity index (χ0v) is 19.5. The standard InChI is InChI=1S/C19H28N4S2.HI/c1-15-7-10-25-18(15)12-22-19(20-2)21-11-16-5-3-8-23(13-16)14-17-6-4-9-24-17;/h4,6-7,9-10,16H,3,5,8,11-14H2,1-2H3,(H2,20,21,22);1H. The molecule has 0 spiro atoms. The molecule has 0 aromatic carbocycles. The van der Waals surface area contributed by atoms with Gasteiger partial charge in [0.2, 0.25) is 0 Å². The molecule has 3 heterocycles. The third kappa shape index (κ3) is 6.51. The second kappa shape index (κ2) is 11.3. The molecule has 0 amide bonds. The Kier molecular flexibility index (Phi) is 9.38. The van der Waals surface area contributed by atoms with E-state index in [9.17, 15) is 0 Å². The summed E-state index contributed by atoms with van der Waals surface area (Å²) in [5.41, 5.74) is 1.35. The van der Waals surface area contributed by atoms with Crippen LogP contribution in [0.1, 0.15) is 28.2 Å². The molecule has 4 nitrogen and oxygen atoms in total. The molecule has 2 N–H and O–H groups in total. The maximum atomic E-state index is 4.37. The van der Waals surface area contributed by atoms with Crippen molar-refractivity contribution in [1.29, 1.82) is 0 Å². The highest BCUT2D eigenvalue weighted by molar-refractivity contribution is 14.0. The zero-order valence-electron chi connectivity index (χ0n) is 15.5. The van der Waals surface area contributed by atoms with Crippen LogP contribution in [0.3, 0.4) is 0 Å². The van der Waals surface area contributed by atoms with Crippen LogP contribution in [0.15, 0.2) is 34.0 Å². The number of nitrogens with one attached hydrogen (secondary N) is 2. The van der Waals surface area contributed by atoms with E-state index in [-0.39, 0.29) is 24.0 Å². The zero-order chi connectivity index (χ0) is 17.5. The van der Waals surface area contributed by atoms with Gasteiger partial charge in [0, 0.05) is 36.4 Å². The fourth-order valence-electron chi connectivity index (χ4n) is 3.30. The van der Waals surface area contributed by atoms with Crippen LogP contribution in [-0.4, -0.2) is 37.5 Å². The summed E-state index contributed by atoms with van der Waals surface area (Å²) in [6, 6.07) is 6.56. The molecule has 7 heteroatoms. The van der Waals surface area contributed by atoms with Crippen molar-refractivity contribution in [3.8, 4) is 0 Å². The Labute approximate surface area is 182 Å². The smallest absolute Gasteiger partial charge is 0.191 e. The molecule has 2 aromatic rings. The number of piperidine rings is 1. The third-order valence-electron chi connectivity index (χ3n) is 4.73. The average molecular weight is 505 g/mol. The number of aryl methyl sites for hydroxylation is 1. The number of halogens is 1. The Hall–Kier alpha value is -0.640. The van der Waals surface area contributed by atoms with Crippen molar-refractivity contribution in [3.05, 3.63) is 44.3 Å². The predicted octanol–water partition coefficient (Wildman–Crippen LogP) is 4.31. The maximum absolute atomic E-state index is 4.37. The van der Waals surface area contributed by atoms with Crippen LogP contribution in [0, 0.1) is 12.8 Å². The summed E-state index contributed by atoms with van der Waals surface area (Å²) in [5, 5.41) is 11.3. The van der Waals surface area contributed by atoms with Crippen LogP contribution in [0.5, 0.6) is 0 Å². The van der Waals surface area contributed by atoms with Crippen LogP contribution in [0.25, 0.3) is 0 Å². The van der Waals surface area contributed by atoms with Gasteiger partial charge in [-0.05, 0) is 60.7 Å². The first-order valence-corrected chi connectivity index (χ1v) is 10.7. The lowest BCUT2D eigenvalue weighted by Gasteiger charge is -2.32. The van der Waals surface area contributed by atoms with Gasteiger partial charge >= 0.3 is 0 Å². The topological polar surface area (TPSA) is 39.7 Å². The van der Waals surface area contributed by atoms with Crippen LogP contribution in [-0.2, 0) is 13.1 Å². The van der Waals surface area contributed by atoms with Crippen molar-refractivity contribution in [3.63, 3.8) is 0 Å². The predicted molar refractivity (Wildman–Crippen MR) is 125 cm³/mol. The van der Waals surface area contributed by atoms with E-state index in [1.165, 1.54) is 41.2 Å². The second-order valence-electron chi connectivity index (χ2n) is 6.66. The molecular weight excluding hydrogens is 475 g/mol. The van der Waals surface area contributed by atoms with E-state index < -0.39 is 0 Å². The van der Waals surface area contributed by atoms with E-state index in [2.05, 4.69) is 56.4 Å². The Bertz CT molecular complexity index is 669. The second-order valence-corrected chi connectivity index (χ2v) is 8.69. The Morgan fingerprint density at radius 2 is 2.15 bits per heavy atom. The van der Waals surface area contributed by atoms with Crippen molar-refractivity contribution in [2.45, 2.75) is 32.9 Å². The first-order chi connectivity index (χ1) is 12.2. The number of hydrogen-bond acceptors (Lipinski definition) is 4. The maximum Gasteiger partial charge on any atom is 0.191 e. The van der Waals surface area contributed by atoms with Crippen LogP contribution >= 0.6 is 46.7 Å². The first kappa shape index (κ1) is 21.7. The largest absolute Gasteiger partial charge is 0.356 e. The summed E-state index contributed by atoms with van der Waals surface area (Å²) < 4.78 is 0. The lowest BCUT2D eigenvalue weighted by Crippen LogP contribution is -2.44. The number of rotatable bonds is 6. The number of hydrogen-bond donors (Lipinski definition) is 2. The van der Waals surface area contributed by atoms with E-state index in [1.807, 2.05) is 18.4 Å². The fraction of sp³-hybridized carbons (Fsp3) is 0.526. The minimum Gasteiger partial charge on any atom is -0.356 e. The first-order valence-electron chi connectivity index (χ1n) is 8.97. The molecule has 3 rings (SSSR count). The summed E-state index contributed by atoms with van der Waals surface area (Å²) in [7, 11) is 1.85. The summed E-state index contributed by atoms with van der Waals surface area (Å²) in [6.07, 6.45) is 2.59.